The molecular formula is C25H32N4O4S. The van der Waals surface area contributed by atoms with E-state index in [1.165, 1.54) is 11.8 Å². The molecule has 3 heterocycles. The van der Waals surface area contributed by atoms with E-state index in [4.69, 9.17) is 4.74 Å². The molecule has 0 saturated carbocycles. The van der Waals surface area contributed by atoms with Gasteiger partial charge >= 0.3 is 6.09 Å². The van der Waals surface area contributed by atoms with Crippen molar-refractivity contribution in [3.63, 3.8) is 0 Å². The minimum atomic E-state index is -0.688. The number of hydrogen-bond donors (Lipinski definition) is 1. The Bertz CT molecular complexity index is 1080. The van der Waals surface area contributed by atoms with E-state index in [9.17, 15) is 14.4 Å². The number of likely N-dealkylation sites (tertiary alicyclic amines) is 2. The van der Waals surface area contributed by atoms with Crippen molar-refractivity contribution < 1.29 is 19.1 Å². The van der Waals surface area contributed by atoms with E-state index in [1.54, 1.807) is 16.2 Å². The first-order valence-electron chi connectivity index (χ1n) is 11.6. The number of carbonyl (C=O) groups excluding carboxylic acids is 3. The first-order chi connectivity index (χ1) is 16.0. The number of benzene rings is 1. The van der Waals surface area contributed by atoms with E-state index in [0.717, 1.165) is 28.1 Å². The van der Waals surface area contributed by atoms with Gasteiger partial charge in [-0.3, -0.25) is 14.5 Å². The van der Waals surface area contributed by atoms with Gasteiger partial charge in [-0.05, 0) is 51.7 Å². The molecule has 2 fully saturated rings. The Morgan fingerprint density at radius 2 is 1.85 bits per heavy atom. The van der Waals surface area contributed by atoms with Crippen molar-refractivity contribution in [1.29, 1.82) is 0 Å². The highest BCUT2D eigenvalue weighted by molar-refractivity contribution is 7.13. The average Bonchev–Trinajstić information content (AvgIpc) is 3.38. The number of hydrogen-bond acceptors (Lipinski definition) is 6. The van der Waals surface area contributed by atoms with Gasteiger partial charge in [0.1, 0.15) is 17.2 Å². The Hall–Kier alpha value is -2.94. The summed E-state index contributed by atoms with van der Waals surface area (Å²) in [6, 6.07) is 7.49. The topological polar surface area (TPSA) is 91.8 Å². The van der Waals surface area contributed by atoms with Gasteiger partial charge in [0.2, 0.25) is 11.8 Å². The Balaban J connectivity index is 1.55. The molecule has 9 heteroatoms. The second-order valence-electron chi connectivity index (χ2n) is 10.1. The van der Waals surface area contributed by atoms with Crippen molar-refractivity contribution in [3.05, 3.63) is 41.0 Å². The van der Waals surface area contributed by atoms with Gasteiger partial charge in [0, 0.05) is 26.6 Å². The summed E-state index contributed by atoms with van der Waals surface area (Å²) in [7, 11) is 0. The summed E-state index contributed by atoms with van der Waals surface area (Å²) in [6.45, 7) is 10.2. The van der Waals surface area contributed by atoms with Crippen LogP contribution in [0.5, 0.6) is 0 Å². The molecule has 0 spiro atoms. The number of aryl methyl sites for hydroxylation is 1. The quantitative estimate of drug-likeness (QED) is 0.715. The van der Waals surface area contributed by atoms with Crippen LogP contribution in [-0.4, -0.2) is 64.0 Å². The third kappa shape index (κ3) is 4.80. The molecule has 2 aromatic rings. The number of thiazole rings is 1. The zero-order chi connectivity index (χ0) is 24.7. The molecule has 2 aliphatic heterocycles. The van der Waals surface area contributed by atoms with Crippen LogP contribution in [-0.2, 0) is 19.9 Å². The molecule has 182 valence electrons. The summed E-state index contributed by atoms with van der Waals surface area (Å²) in [4.78, 5) is 46.7. The fourth-order valence-electron chi connectivity index (χ4n) is 4.58. The molecule has 1 unspecified atom stereocenters. The highest BCUT2D eigenvalue weighted by atomic mass is 32.1. The number of nitrogens with zero attached hydrogens (tertiary/aromatic N) is 3. The molecule has 2 saturated heterocycles. The minimum absolute atomic E-state index is 0.0296. The number of aromatic nitrogens is 1. The molecule has 0 radical (unpaired) electrons. The molecule has 1 N–H and O–H groups in total. The van der Waals surface area contributed by atoms with Crippen molar-refractivity contribution in [3.8, 4) is 10.4 Å². The Morgan fingerprint density at radius 1 is 1.18 bits per heavy atom. The number of rotatable bonds is 4. The maximum atomic E-state index is 13.4. The van der Waals surface area contributed by atoms with Crippen LogP contribution in [0.2, 0.25) is 0 Å². The molecule has 0 bridgehead atoms. The van der Waals surface area contributed by atoms with Gasteiger partial charge in [0.05, 0.1) is 16.1 Å². The van der Waals surface area contributed by atoms with Crippen LogP contribution >= 0.6 is 11.3 Å². The van der Waals surface area contributed by atoms with E-state index in [-0.39, 0.29) is 11.8 Å². The predicted octanol–water partition coefficient (Wildman–Crippen LogP) is 3.69. The van der Waals surface area contributed by atoms with Gasteiger partial charge in [-0.25, -0.2) is 9.78 Å². The van der Waals surface area contributed by atoms with E-state index in [1.807, 2.05) is 57.5 Å². The van der Waals surface area contributed by atoms with Crippen LogP contribution in [0.4, 0.5) is 4.79 Å². The highest BCUT2D eigenvalue weighted by Crippen LogP contribution is 2.35. The van der Waals surface area contributed by atoms with Crippen LogP contribution in [0.1, 0.15) is 51.8 Å². The fourth-order valence-corrected chi connectivity index (χ4v) is 5.39. The van der Waals surface area contributed by atoms with Crippen molar-refractivity contribution in [2.24, 2.45) is 0 Å². The SMILES string of the molecule is CC(=O)N1CC(NC(=O)C2CCCN2C(=O)OC(C)(C)C)(c2ccc(-c3scnc3C)cc2)C1. The molecular weight excluding hydrogens is 452 g/mol. The molecule has 1 atom stereocenters. The number of ether oxygens (including phenoxy) is 1. The summed E-state index contributed by atoms with van der Waals surface area (Å²) < 4.78 is 5.51. The molecule has 1 aromatic carbocycles. The van der Waals surface area contributed by atoms with Crippen LogP contribution in [0.3, 0.4) is 0 Å². The smallest absolute Gasteiger partial charge is 0.410 e. The van der Waals surface area contributed by atoms with Gasteiger partial charge in [0.25, 0.3) is 0 Å². The van der Waals surface area contributed by atoms with Gasteiger partial charge in [-0.15, -0.1) is 11.3 Å². The van der Waals surface area contributed by atoms with Crippen LogP contribution in [0.25, 0.3) is 10.4 Å². The fraction of sp³-hybridized carbons (Fsp3) is 0.520. The van der Waals surface area contributed by atoms with E-state index in [2.05, 4.69) is 10.3 Å². The Morgan fingerprint density at radius 3 is 2.41 bits per heavy atom. The van der Waals surface area contributed by atoms with Gasteiger partial charge in [-0.2, -0.15) is 0 Å². The van der Waals surface area contributed by atoms with Crippen molar-refractivity contribution in [2.75, 3.05) is 19.6 Å². The third-order valence-corrected chi connectivity index (χ3v) is 7.34. The average molecular weight is 485 g/mol. The lowest BCUT2D eigenvalue weighted by molar-refractivity contribution is -0.142. The summed E-state index contributed by atoms with van der Waals surface area (Å²) >= 11 is 1.59. The highest BCUT2D eigenvalue weighted by Gasteiger charge is 2.49. The number of nitrogens with one attached hydrogen (secondary N) is 1. The first kappa shape index (κ1) is 24.2. The zero-order valence-corrected chi connectivity index (χ0v) is 21.2. The summed E-state index contributed by atoms with van der Waals surface area (Å²) in [5.41, 5.74) is 3.50. The standard InChI is InChI=1S/C25H32N4O4S/c1-16-21(34-15-26-16)18-8-10-19(11-9-18)25(13-28(14-25)17(2)30)27-22(31)20-7-6-12-29(20)23(32)33-24(3,4)5/h8-11,15,20H,6-7,12-14H2,1-5H3,(H,27,31). The molecule has 4 rings (SSSR count). The lowest BCUT2D eigenvalue weighted by Crippen LogP contribution is -2.70. The lowest BCUT2D eigenvalue weighted by atomic mass is 9.81. The summed E-state index contributed by atoms with van der Waals surface area (Å²) in [5.74, 6) is -0.244. The largest absolute Gasteiger partial charge is 0.444 e. The first-order valence-corrected chi connectivity index (χ1v) is 12.5. The van der Waals surface area contributed by atoms with Crippen molar-refractivity contribution in [2.45, 2.75) is 64.6 Å². The maximum Gasteiger partial charge on any atom is 0.410 e. The van der Waals surface area contributed by atoms with Crippen LogP contribution in [0.15, 0.2) is 29.8 Å². The van der Waals surface area contributed by atoms with Crippen LogP contribution in [0, 0.1) is 6.92 Å². The molecule has 2 aliphatic rings. The number of amides is 3. The summed E-state index contributed by atoms with van der Waals surface area (Å²) in [5, 5.41) is 3.19. The third-order valence-electron chi connectivity index (χ3n) is 6.36. The molecule has 3 amide bonds. The van der Waals surface area contributed by atoms with Gasteiger partial charge in [0.15, 0.2) is 0 Å². The predicted molar refractivity (Wildman–Crippen MR) is 130 cm³/mol. The normalized spacial score (nSPS) is 19.5. The summed E-state index contributed by atoms with van der Waals surface area (Å²) in [6.07, 6.45) is 0.857. The monoisotopic (exact) mass is 484 g/mol. The van der Waals surface area contributed by atoms with Crippen LogP contribution < -0.4 is 5.32 Å². The molecule has 0 aliphatic carbocycles. The Labute approximate surface area is 204 Å². The van der Waals surface area contributed by atoms with E-state index in [0.29, 0.717) is 26.1 Å². The van der Waals surface area contributed by atoms with E-state index < -0.39 is 23.3 Å². The molecule has 1 aromatic heterocycles. The Kier molecular flexibility index (Phi) is 6.42. The number of carbonyl (C=O) groups is 3. The zero-order valence-electron chi connectivity index (χ0n) is 20.4. The maximum absolute atomic E-state index is 13.4. The van der Waals surface area contributed by atoms with Crippen molar-refractivity contribution in [1.82, 2.24) is 20.1 Å². The molecule has 8 nitrogen and oxygen atoms in total. The van der Waals surface area contributed by atoms with Gasteiger partial charge in [-0.1, -0.05) is 24.3 Å². The second-order valence-corrected chi connectivity index (χ2v) is 11.0. The van der Waals surface area contributed by atoms with E-state index >= 15 is 0 Å². The van der Waals surface area contributed by atoms with Crippen molar-refractivity contribution >= 4 is 29.2 Å². The lowest BCUT2D eigenvalue weighted by Gasteiger charge is -2.51. The minimum Gasteiger partial charge on any atom is -0.444 e. The second kappa shape index (κ2) is 9.02. The molecule has 34 heavy (non-hydrogen) atoms. The van der Waals surface area contributed by atoms with Gasteiger partial charge < -0.3 is 15.0 Å².